The number of esters is 1. The zero-order valence-electron chi connectivity index (χ0n) is 26.6. The van der Waals surface area contributed by atoms with Gasteiger partial charge in [-0.25, -0.2) is 0 Å². The summed E-state index contributed by atoms with van der Waals surface area (Å²) >= 11 is 0. The second-order valence-corrected chi connectivity index (χ2v) is 12.6. The fourth-order valence-electron chi connectivity index (χ4n) is 8.17. The highest BCUT2D eigenvalue weighted by Crippen LogP contribution is 2.58. The minimum atomic E-state index is -0.926. The summed E-state index contributed by atoms with van der Waals surface area (Å²) in [5.74, 6) is 1.29. The molecule has 4 aliphatic heterocycles. The monoisotopic (exact) mass is 629 g/mol. The number of phenolic OH excluding ortho intramolecular Hbond substituents is 1. The van der Waals surface area contributed by atoms with Crippen molar-refractivity contribution in [1.82, 2.24) is 15.1 Å². The smallest absolute Gasteiger partial charge is 0.308 e. The number of piperazine rings is 1. The molecule has 11 heteroatoms. The molecule has 7 rings (SSSR count). The second kappa shape index (κ2) is 11.5. The number of benzene rings is 3. The van der Waals surface area contributed by atoms with Crippen LogP contribution in [-0.2, 0) is 28.9 Å². The predicted octanol–water partition coefficient (Wildman–Crippen LogP) is 3.23. The lowest BCUT2D eigenvalue weighted by atomic mass is 9.73. The number of aliphatic hydroxyl groups excluding tert-OH is 1. The van der Waals surface area contributed by atoms with Crippen molar-refractivity contribution in [2.45, 2.75) is 70.4 Å². The summed E-state index contributed by atoms with van der Waals surface area (Å²) in [6.45, 7) is 5.25. The standard InChI is InChI=1S/C35H39N3O8/c1-17-11-21-13-24-35(42)38-23(29(37(24)4)27(21)30(41)31(17)43-5)14-22-28(25(38)15-36-26(40)12-20-9-7-6-8-10-20)34-33(44-16-45-34)18(2)32(22)46-19(3)39/h6-11,23-25,29,35,41-42H,12-16H2,1-5H3,(H,36,40)/t23?,24-,25-,29-,35-/m0/s1. The number of ether oxygens (including phenoxy) is 4. The Hall–Kier alpha value is -4.32. The quantitative estimate of drug-likeness (QED) is 0.276. The number of fused-ring (bicyclic) bond motifs is 9. The second-order valence-electron chi connectivity index (χ2n) is 12.6. The number of hydrogen-bond acceptors (Lipinski definition) is 10. The van der Waals surface area contributed by atoms with Crippen LogP contribution in [0.2, 0.25) is 0 Å². The van der Waals surface area contributed by atoms with Crippen molar-refractivity contribution in [2.75, 3.05) is 27.5 Å². The fraction of sp³-hybridized carbons (Fsp3) is 0.429. The van der Waals surface area contributed by atoms with Crippen molar-refractivity contribution in [1.29, 1.82) is 0 Å². The number of likely N-dealkylation sites (N-methyl/N-ethyl adjacent to an activating group) is 1. The van der Waals surface area contributed by atoms with Gasteiger partial charge < -0.3 is 34.5 Å². The summed E-state index contributed by atoms with van der Waals surface area (Å²) in [6, 6.07) is 9.95. The maximum absolute atomic E-state index is 13.3. The number of aliphatic hydroxyl groups is 1. The topological polar surface area (TPSA) is 130 Å². The molecule has 4 heterocycles. The SMILES string of the molecule is COc1c(C)cc2c(c1O)[C@@H]1C3Cc4c(OC(C)=O)c(C)c5c(c4[C@H](CNC(=O)Cc4ccccc4)N3[C@@H](O)[C@H](C2)N1C)OCO5. The van der Waals surface area contributed by atoms with Crippen molar-refractivity contribution in [3.05, 3.63) is 75.3 Å². The first-order chi connectivity index (χ1) is 22.1. The Morgan fingerprint density at radius 3 is 2.50 bits per heavy atom. The van der Waals surface area contributed by atoms with Gasteiger partial charge in [-0.2, -0.15) is 0 Å². The van der Waals surface area contributed by atoms with Crippen molar-refractivity contribution in [3.8, 4) is 28.7 Å². The lowest BCUT2D eigenvalue weighted by Crippen LogP contribution is -2.69. The van der Waals surface area contributed by atoms with Crippen molar-refractivity contribution < 1.29 is 38.7 Å². The van der Waals surface area contributed by atoms with Gasteiger partial charge in [0.25, 0.3) is 0 Å². The Labute approximate surface area is 267 Å². The van der Waals surface area contributed by atoms with Crippen LogP contribution < -0.4 is 24.3 Å². The van der Waals surface area contributed by atoms with Crippen molar-refractivity contribution >= 4 is 11.9 Å². The van der Waals surface area contributed by atoms with Gasteiger partial charge >= 0.3 is 5.97 Å². The van der Waals surface area contributed by atoms with E-state index in [1.54, 1.807) is 7.11 Å². The molecular formula is C35H39N3O8. The first-order valence-corrected chi connectivity index (χ1v) is 15.6. The molecule has 0 radical (unpaired) electrons. The van der Waals surface area contributed by atoms with E-state index in [9.17, 15) is 19.8 Å². The van der Waals surface area contributed by atoms with E-state index >= 15 is 0 Å². The molecule has 11 nitrogen and oxygen atoms in total. The third-order valence-corrected chi connectivity index (χ3v) is 10.0. The summed E-state index contributed by atoms with van der Waals surface area (Å²) in [6.07, 6.45) is 0.155. The molecule has 4 aliphatic rings. The zero-order valence-corrected chi connectivity index (χ0v) is 26.6. The van der Waals surface area contributed by atoms with Gasteiger partial charge in [-0.05, 0) is 50.4 Å². The van der Waals surface area contributed by atoms with E-state index < -0.39 is 18.2 Å². The molecule has 1 amide bonds. The molecule has 242 valence electrons. The molecule has 3 aromatic rings. The lowest BCUT2D eigenvalue weighted by Gasteiger charge is -2.60. The van der Waals surface area contributed by atoms with Crippen LogP contribution in [0.25, 0.3) is 0 Å². The van der Waals surface area contributed by atoms with Crippen molar-refractivity contribution in [3.63, 3.8) is 0 Å². The zero-order chi connectivity index (χ0) is 32.4. The number of phenols is 1. The maximum atomic E-state index is 13.3. The molecule has 5 atom stereocenters. The minimum absolute atomic E-state index is 0.000409. The van der Waals surface area contributed by atoms with Gasteiger partial charge in [0.15, 0.2) is 23.0 Å². The molecule has 46 heavy (non-hydrogen) atoms. The summed E-state index contributed by atoms with van der Waals surface area (Å²) in [5, 5.41) is 26.9. The number of methoxy groups -OCH3 is 1. The highest BCUT2D eigenvalue weighted by atomic mass is 16.7. The minimum Gasteiger partial charge on any atom is -0.504 e. The number of hydrogen-bond donors (Lipinski definition) is 3. The summed E-state index contributed by atoms with van der Waals surface area (Å²) in [4.78, 5) is 29.9. The maximum Gasteiger partial charge on any atom is 0.308 e. The van der Waals surface area contributed by atoms with Gasteiger partial charge in [-0.3, -0.25) is 19.4 Å². The first kappa shape index (κ1) is 30.3. The largest absolute Gasteiger partial charge is 0.504 e. The molecule has 2 bridgehead atoms. The van der Waals surface area contributed by atoms with Crippen molar-refractivity contribution in [2.24, 2.45) is 0 Å². The number of rotatable bonds is 6. The molecule has 0 spiro atoms. The number of aromatic hydroxyl groups is 1. The van der Waals surface area contributed by atoms with Crippen LogP contribution in [0.5, 0.6) is 28.7 Å². The van der Waals surface area contributed by atoms with Gasteiger partial charge in [-0.1, -0.05) is 36.4 Å². The summed E-state index contributed by atoms with van der Waals surface area (Å²) < 4.78 is 23.5. The van der Waals surface area contributed by atoms with Crippen LogP contribution >= 0.6 is 0 Å². The number of carbonyl (C=O) groups is 2. The Kier molecular flexibility index (Phi) is 7.57. The summed E-state index contributed by atoms with van der Waals surface area (Å²) in [7, 11) is 3.51. The molecule has 1 unspecified atom stereocenters. The van der Waals surface area contributed by atoms with Crippen LogP contribution in [0.15, 0.2) is 36.4 Å². The van der Waals surface area contributed by atoms with Gasteiger partial charge in [0.05, 0.1) is 31.7 Å². The molecule has 3 aromatic carbocycles. The molecule has 0 aliphatic carbocycles. The van der Waals surface area contributed by atoms with E-state index in [-0.39, 0.29) is 49.5 Å². The first-order valence-electron chi connectivity index (χ1n) is 15.6. The van der Waals surface area contributed by atoms with E-state index in [1.165, 1.54) is 6.92 Å². The fourth-order valence-corrected chi connectivity index (χ4v) is 8.17. The van der Waals surface area contributed by atoms with Gasteiger partial charge in [0, 0.05) is 41.8 Å². The number of nitrogens with one attached hydrogen (secondary N) is 1. The van der Waals surface area contributed by atoms with Crippen LogP contribution in [0.3, 0.4) is 0 Å². The molecule has 1 saturated heterocycles. The Bertz CT molecular complexity index is 1730. The lowest BCUT2D eigenvalue weighted by molar-refractivity contribution is -0.172. The normalized spacial score (nSPS) is 24.4. The predicted molar refractivity (Wildman–Crippen MR) is 167 cm³/mol. The average molecular weight is 630 g/mol. The number of carbonyl (C=O) groups excluding carboxylic acids is 2. The highest BCUT2D eigenvalue weighted by Gasteiger charge is 2.56. The molecular weight excluding hydrogens is 590 g/mol. The van der Waals surface area contributed by atoms with E-state index in [2.05, 4.69) is 10.2 Å². The Balaban J connectivity index is 1.38. The van der Waals surface area contributed by atoms with Gasteiger partial charge in [-0.15, -0.1) is 0 Å². The van der Waals surface area contributed by atoms with Crippen LogP contribution in [0.1, 0.15) is 58.0 Å². The number of nitrogens with zero attached hydrogens (tertiary/aromatic N) is 2. The van der Waals surface area contributed by atoms with Gasteiger partial charge in [0.1, 0.15) is 12.0 Å². The third-order valence-electron chi connectivity index (χ3n) is 10.0. The third kappa shape index (κ3) is 4.68. The highest BCUT2D eigenvalue weighted by molar-refractivity contribution is 5.79. The van der Waals surface area contributed by atoms with E-state index in [1.807, 2.05) is 62.2 Å². The van der Waals surface area contributed by atoms with E-state index in [0.717, 1.165) is 33.4 Å². The molecule has 0 saturated carbocycles. The molecule has 0 aromatic heterocycles. The van der Waals surface area contributed by atoms with Crippen LogP contribution in [-0.4, -0.2) is 77.7 Å². The van der Waals surface area contributed by atoms with E-state index in [0.29, 0.717) is 41.4 Å². The Morgan fingerprint density at radius 2 is 1.78 bits per heavy atom. The average Bonchev–Trinajstić information content (AvgIpc) is 3.51. The van der Waals surface area contributed by atoms with Gasteiger partial charge in [0.2, 0.25) is 12.7 Å². The van der Waals surface area contributed by atoms with E-state index in [4.69, 9.17) is 18.9 Å². The Morgan fingerprint density at radius 1 is 1.04 bits per heavy atom. The number of amides is 1. The summed E-state index contributed by atoms with van der Waals surface area (Å²) in [5.41, 5.74) is 5.55. The number of aryl methyl sites for hydroxylation is 1. The van der Waals surface area contributed by atoms with Crippen LogP contribution in [0.4, 0.5) is 0 Å². The molecule has 3 N–H and O–H groups in total. The van der Waals surface area contributed by atoms with Crippen LogP contribution in [0, 0.1) is 13.8 Å². The molecule has 1 fully saturated rings.